The molecule has 128 valence electrons. The van der Waals surface area contributed by atoms with Crippen molar-refractivity contribution in [3.63, 3.8) is 0 Å². The van der Waals surface area contributed by atoms with Crippen molar-refractivity contribution in [2.75, 3.05) is 5.43 Å². The summed E-state index contributed by atoms with van der Waals surface area (Å²) in [5.41, 5.74) is 6.74. The zero-order valence-corrected chi connectivity index (χ0v) is 15.0. The van der Waals surface area contributed by atoms with Gasteiger partial charge in [-0.1, -0.05) is 60.1 Å². The van der Waals surface area contributed by atoms with Crippen LogP contribution in [0.2, 0.25) is 5.02 Å². The molecule has 4 aromatic rings. The second kappa shape index (κ2) is 7.06. The molecule has 1 N–H and O–H groups in total. The molecule has 0 aliphatic rings. The van der Waals surface area contributed by atoms with E-state index in [0.29, 0.717) is 5.02 Å². The topological polar surface area (TPSA) is 37.5 Å². The third kappa shape index (κ3) is 3.35. The first-order valence-corrected chi connectivity index (χ1v) is 8.73. The average Bonchev–Trinajstić information content (AvgIpc) is 2.68. The number of benzene rings is 3. The Morgan fingerprint density at radius 1 is 0.885 bits per heavy atom. The Morgan fingerprint density at radius 2 is 1.58 bits per heavy atom. The summed E-state index contributed by atoms with van der Waals surface area (Å²) in [6.45, 7) is 1.96. The van der Waals surface area contributed by atoms with E-state index in [1.807, 2.05) is 85.8 Å². The van der Waals surface area contributed by atoms with E-state index in [0.717, 1.165) is 38.9 Å². The highest BCUT2D eigenvalue weighted by molar-refractivity contribution is 6.32. The summed E-state index contributed by atoms with van der Waals surface area (Å²) in [4.78, 5) is 0. The number of aryl methyl sites for hydroxylation is 1. The van der Waals surface area contributed by atoms with E-state index in [-0.39, 0.29) is 0 Å². The van der Waals surface area contributed by atoms with Crippen LogP contribution in [0.4, 0.5) is 5.69 Å². The monoisotopic (exact) mass is 360 g/mol. The number of halogens is 1. The van der Waals surface area contributed by atoms with Crippen LogP contribution in [-0.2, 0) is 0 Å². The summed E-state index contributed by atoms with van der Waals surface area (Å²) in [5.74, 6) is 0.758. The molecule has 1 aromatic heterocycles. The summed E-state index contributed by atoms with van der Waals surface area (Å²) in [6.07, 6.45) is 0. The molecule has 0 bridgehead atoms. The fourth-order valence-corrected chi connectivity index (χ4v) is 2.93. The van der Waals surface area contributed by atoms with Crippen molar-refractivity contribution in [1.82, 2.24) is 0 Å². The van der Waals surface area contributed by atoms with Gasteiger partial charge in [-0.05, 0) is 36.8 Å². The molecule has 26 heavy (non-hydrogen) atoms. The lowest BCUT2D eigenvalue weighted by molar-refractivity contribution is 0.618. The number of rotatable bonds is 3. The van der Waals surface area contributed by atoms with E-state index in [4.69, 9.17) is 16.0 Å². The van der Waals surface area contributed by atoms with Crippen LogP contribution in [0.15, 0.2) is 88.4 Å². The van der Waals surface area contributed by atoms with Crippen molar-refractivity contribution in [1.29, 1.82) is 0 Å². The Balaban J connectivity index is 1.92. The summed E-state index contributed by atoms with van der Waals surface area (Å²) in [6, 6.07) is 25.6. The highest BCUT2D eigenvalue weighted by Crippen LogP contribution is 2.26. The van der Waals surface area contributed by atoms with Crippen LogP contribution < -0.4 is 10.8 Å². The van der Waals surface area contributed by atoms with Gasteiger partial charge in [-0.25, -0.2) is 0 Å². The summed E-state index contributed by atoms with van der Waals surface area (Å²) < 4.78 is 6.13. The molecule has 3 aromatic carbocycles. The van der Waals surface area contributed by atoms with Crippen LogP contribution in [0.5, 0.6) is 0 Å². The van der Waals surface area contributed by atoms with Gasteiger partial charge >= 0.3 is 0 Å². The first-order chi connectivity index (χ1) is 12.7. The Labute approximate surface area is 156 Å². The van der Waals surface area contributed by atoms with E-state index in [2.05, 4.69) is 10.5 Å². The fourth-order valence-electron chi connectivity index (χ4n) is 2.76. The summed E-state index contributed by atoms with van der Waals surface area (Å²) in [5, 5.41) is 6.92. The first-order valence-electron chi connectivity index (χ1n) is 8.35. The van der Waals surface area contributed by atoms with Gasteiger partial charge in [0.15, 0.2) is 0 Å². The number of nitrogens with one attached hydrogen (secondary N) is 1. The normalized spacial score (nSPS) is 11.7. The number of fused-ring (bicyclic) bond motifs is 1. The van der Waals surface area contributed by atoms with Crippen LogP contribution in [0.25, 0.3) is 22.3 Å². The molecular weight excluding hydrogens is 344 g/mol. The van der Waals surface area contributed by atoms with Gasteiger partial charge in [0.1, 0.15) is 11.3 Å². The number of hydrogen-bond donors (Lipinski definition) is 1. The van der Waals surface area contributed by atoms with E-state index < -0.39 is 0 Å². The number of anilines is 1. The molecule has 0 radical (unpaired) electrons. The Hall–Kier alpha value is -3.04. The first kappa shape index (κ1) is 16.4. The number of para-hydroxylation sites is 1. The Kier molecular flexibility index (Phi) is 4.46. The molecule has 3 nitrogen and oxygen atoms in total. The average molecular weight is 361 g/mol. The number of nitrogens with zero attached hydrogens (tertiary/aromatic N) is 1. The fraction of sp³-hybridized carbons (Fsp3) is 0.0455. The maximum atomic E-state index is 6.33. The summed E-state index contributed by atoms with van der Waals surface area (Å²) in [7, 11) is 0. The highest BCUT2D eigenvalue weighted by Gasteiger charge is 2.08. The van der Waals surface area contributed by atoms with Crippen molar-refractivity contribution >= 4 is 28.3 Å². The largest absolute Gasteiger partial charge is 0.456 e. The van der Waals surface area contributed by atoms with E-state index in [9.17, 15) is 0 Å². The lowest BCUT2D eigenvalue weighted by Crippen LogP contribution is -2.07. The predicted molar refractivity (Wildman–Crippen MR) is 107 cm³/mol. The van der Waals surface area contributed by atoms with Crippen LogP contribution in [-0.4, -0.2) is 0 Å². The van der Waals surface area contributed by atoms with Crippen molar-refractivity contribution in [3.05, 3.63) is 94.8 Å². The third-order valence-electron chi connectivity index (χ3n) is 4.16. The van der Waals surface area contributed by atoms with E-state index in [1.54, 1.807) is 0 Å². The van der Waals surface area contributed by atoms with Gasteiger partial charge < -0.3 is 4.42 Å². The van der Waals surface area contributed by atoms with Crippen molar-refractivity contribution in [2.45, 2.75) is 6.92 Å². The molecular formula is C22H17ClN2O. The molecule has 4 heteroatoms. The molecule has 0 amide bonds. The minimum absolute atomic E-state index is 0.691. The zero-order chi connectivity index (χ0) is 17.9. The second-order valence-corrected chi connectivity index (χ2v) is 6.46. The SMILES string of the molecule is Cc1cc2oc(-c3ccccc3)c/c(=N\Nc3ccccc3)c2cc1Cl. The standard InChI is InChI=1S/C22H17ClN2O/c1-15-12-22-18(13-19(15)23)20(25-24-17-10-6-3-7-11-17)14-21(26-22)16-8-4-2-5-9-16/h2-14,24H,1H3/b25-20+. The Bertz CT molecular complexity index is 1120. The maximum absolute atomic E-state index is 6.33. The Morgan fingerprint density at radius 3 is 2.31 bits per heavy atom. The van der Waals surface area contributed by atoms with E-state index >= 15 is 0 Å². The maximum Gasteiger partial charge on any atom is 0.137 e. The van der Waals surface area contributed by atoms with Crippen molar-refractivity contribution < 1.29 is 4.42 Å². The van der Waals surface area contributed by atoms with Gasteiger partial charge in [0.05, 0.1) is 11.0 Å². The minimum Gasteiger partial charge on any atom is -0.456 e. The highest BCUT2D eigenvalue weighted by atomic mass is 35.5. The summed E-state index contributed by atoms with van der Waals surface area (Å²) >= 11 is 6.33. The molecule has 0 aliphatic heterocycles. The van der Waals surface area contributed by atoms with Crippen LogP contribution in [0.3, 0.4) is 0 Å². The molecule has 0 fully saturated rings. The molecule has 0 saturated carbocycles. The van der Waals surface area contributed by atoms with Crippen LogP contribution >= 0.6 is 11.6 Å². The molecule has 0 saturated heterocycles. The minimum atomic E-state index is 0.691. The third-order valence-corrected chi connectivity index (χ3v) is 4.57. The molecule has 0 aliphatic carbocycles. The van der Waals surface area contributed by atoms with Gasteiger partial charge in [0, 0.05) is 22.0 Å². The quantitative estimate of drug-likeness (QED) is 0.456. The lowest BCUT2D eigenvalue weighted by Gasteiger charge is -2.07. The van der Waals surface area contributed by atoms with Crippen molar-refractivity contribution in [3.8, 4) is 11.3 Å². The lowest BCUT2D eigenvalue weighted by atomic mass is 10.1. The van der Waals surface area contributed by atoms with Gasteiger partial charge in [-0.3, -0.25) is 5.43 Å². The number of hydrogen-bond acceptors (Lipinski definition) is 3. The second-order valence-electron chi connectivity index (χ2n) is 6.05. The van der Waals surface area contributed by atoms with Gasteiger partial charge in [-0.2, -0.15) is 5.10 Å². The van der Waals surface area contributed by atoms with Gasteiger partial charge in [-0.15, -0.1) is 0 Å². The molecule has 4 rings (SSSR count). The molecule has 1 heterocycles. The molecule has 0 atom stereocenters. The predicted octanol–water partition coefficient (Wildman–Crippen LogP) is 5.99. The molecule has 0 unspecified atom stereocenters. The zero-order valence-electron chi connectivity index (χ0n) is 14.2. The van der Waals surface area contributed by atoms with Crippen molar-refractivity contribution in [2.24, 2.45) is 5.10 Å². The van der Waals surface area contributed by atoms with Gasteiger partial charge in [0.2, 0.25) is 0 Å². The van der Waals surface area contributed by atoms with Crippen LogP contribution in [0.1, 0.15) is 5.56 Å². The smallest absolute Gasteiger partial charge is 0.137 e. The van der Waals surface area contributed by atoms with Crippen LogP contribution in [0, 0.1) is 6.92 Å². The van der Waals surface area contributed by atoms with E-state index in [1.165, 1.54) is 0 Å². The molecule has 0 spiro atoms. The van der Waals surface area contributed by atoms with Gasteiger partial charge in [0.25, 0.3) is 0 Å².